The highest BCUT2D eigenvalue weighted by atomic mass is 79.9. The molecule has 0 saturated carbocycles. The molecule has 0 radical (unpaired) electrons. The summed E-state index contributed by atoms with van der Waals surface area (Å²) < 4.78 is 19.6. The Morgan fingerprint density at radius 1 is 1.41 bits per heavy atom. The van der Waals surface area contributed by atoms with E-state index in [-0.39, 0.29) is 21.7 Å². The summed E-state index contributed by atoms with van der Waals surface area (Å²) in [6, 6.07) is 5.83. The number of hydrogen-bond acceptors (Lipinski definition) is 8. The van der Waals surface area contributed by atoms with Gasteiger partial charge in [-0.1, -0.05) is 5.16 Å². The quantitative estimate of drug-likeness (QED) is 0.449. The highest BCUT2D eigenvalue weighted by molar-refractivity contribution is 9.10. The van der Waals surface area contributed by atoms with Gasteiger partial charge in [0.1, 0.15) is 12.0 Å². The lowest BCUT2D eigenvalue weighted by Gasteiger charge is -2.03. The van der Waals surface area contributed by atoms with Gasteiger partial charge < -0.3 is 5.32 Å². The molecule has 2 heterocycles. The fraction of sp³-hybridized carbons (Fsp3) is 0.133. The van der Waals surface area contributed by atoms with Crippen molar-refractivity contribution in [2.75, 3.05) is 10.8 Å². The minimum atomic E-state index is -0.473. The zero-order chi connectivity index (χ0) is 19.4. The number of amides is 1. The molecule has 3 aromatic rings. The number of aryl methyl sites for hydroxylation is 2. The first-order valence-electron chi connectivity index (χ1n) is 7.49. The number of aromatic nitrogens is 4. The van der Waals surface area contributed by atoms with Crippen molar-refractivity contribution in [3.63, 3.8) is 0 Å². The smallest absolute Gasteiger partial charge is 0.277 e. The van der Waals surface area contributed by atoms with E-state index in [1.54, 1.807) is 17.8 Å². The van der Waals surface area contributed by atoms with Gasteiger partial charge in [0.2, 0.25) is 5.82 Å². The number of carbonyl (C=O) groups is 1. The van der Waals surface area contributed by atoms with E-state index in [4.69, 9.17) is 4.94 Å². The molecule has 3 rings (SSSR count). The van der Waals surface area contributed by atoms with E-state index in [1.165, 1.54) is 24.4 Å². The van der Waals surface area contributed by atoms with Crippen LogP contribution in [0.4, 0.5) is 15.9 Å². The lowest BCUT2D eigenvalue weighted by Crippen LogP contribution is -2.14. The molecular formula is C15H13BrFN7O3. The third kappa shape index (κ3) is 4.47. The van der Waals surface area contributed by atoms with Gasteiger partial charge in [0, 0.05) is 12.7 Å². The number of oxime groups is 1. The number of hydrogen-bond donors (Lipinski definition) is 2. The van der Waals surface area contributed by atoms with Crippen LogP contribution in [-0.4, -0.2) is 32.2 Å². The Kier molecular flexibility index (Phi) is 5.45. The summed E-state index contributed by atoms with van der Waals surface area (Å²) >= 11 is 3.06. The second-order valence-corrected chi connectivity index (χ2v) is 6.16. The highest BCUT2D eigenvalue weighted by Crippen LogP contribution is 2.20. The molecule has 140 valence electrons. The van der Waals surface area contributed by atoms with Gasteiger partial charge in [-0.15, -0.1) is 0 Å². The fourth-order valence-corrected chi connectivity index (χ4v) is 2.30. The number of anilines is 2. The van der Waals surface area contributed by atoms with E-state index in [9.17, 15) is 9.18 Å². The number of nitrogens with zero attached hydrogens (tertiary/aromatic N) is 5. The van der Waals surface area contributed by atoms with E-state index in [1.807, 2.05) is 6.92 Å². The van der Waals surface area contributed by atoms with Crippen LogP contribution in [0.5, 0.6) is 0 Å². The summed E-state index contributed by atoms with van der Waals surface area (Å²) in [7, 11) is 1.73. The first-order valence-corrected chi connectivity index (χ1v) is 8.28. The normalized spacial score (nSPS) is 11.0. The van der Waals surface area contributed by atoms with Crippen LogP contribution in [0, 0.1) is 12.7 Å². The summed E-state index contributed by atoms with van der Waals surface area (Å²) in [5, 5.41) is 17.5. The zero-order valence-corrected chi connectivity index (χ0v) is 15.7. The molecule has 0 fully saturated rings. The summed E-state index contributed by atoms with van der Waals surface area (Å²) in [5.41, 5.74) is 4.15. The van der Waals surface area contributed by atoms with Crippen molar-refractivity contribution in [2.45, 2.75) is 6.92 Å². The van der Waals surface area contributed by atoms with Gasteiger partial charge in [0.05, 0.1) is 10.2 Å². The van der Waals surface area contributed by atoms with Crippen LogP contribution >= 0.6 is 15.9 Å². The molecule has 0 unspecified atom stereocenters. The van der Waals surface area contributed by atoms with Gasteiger partial charge in [-0.05, 0) is 57.4 Å². The predicted molar refractivity (Wildman–Crippen MR) is 96.6 cm³/mol. The van der Waals surface area contributed by atoms with E-state index in [0.717, 1.165) is 5.69 Å². The Hall–Kier alpha value is -3.28. The zero-order valence-electron chi connectivity index (χ0n) is 14.1. The van der Waals surface area contributed by atoms with Crippen molar-refractivity contribution in [1.29, 1.82) is 0 Å². The predicted octanol–water partition coefficient (Wildman–Crippen LogP) is 2.64. The summed E-state index contributed by atoms with van der Waals surface area (Å²) in [4.78, 5) is 17.1. The molecule has 0 aliphatic heterocycles. The molecule has 0 bridgehead atoms. The van der Waals surface area contributed by atoms with Gasteiger partial charge >= 0.3 is 0 Å². The molecule has 27 heavy (non-hydrogen) atoms. The van der Waals surface area contributed by atoms with Crippen LogP contribution in [0.2, 0.25) is 0 Å². The third-order valence-corrected chi connectivity index (χ3v) is 4.01. The Morgan fingerprint density at radius 3 is 2.93 bits per heavy atom. The largest absolute Gasteiger partial charge is 0.300 e. The maximum atomic E-state index is 13.2. The average Bonchev–Trinajstić information content (AvgIpc) is 3.21. The molecule has 2 aromatic heterocycles. The van der Waals surface area contributed by atoms with Crippen LogP contribution in [0.25, 0.3) is 0 Å². The van der Waals surface area contributed by atoms with E-state index >= 15 is 0 Å². The van der Waals surface area contributed by atoms with E-state index < -0.39 is 11.7 Å². The molecule has 0 saturated heterocycles. The van der Waals surface area contributed by atoms with Crippen molar-refractivity contribution in [3.05, 3.63) is 51.6 Å². The molecule has 1 amide bonds. The van der Waals surface area contributed by atoms with Gasteiger partial charge in [-0.25, -0.2) is 9.02 Å². The van der Waals surface area contributed by atoms with Crippen LogP contribution in [0.1, 0.15) is 21.9 Å². The number of benzene rings is 1. The summed E-state index contributed by atoms with van der Waals surface area (Å²) in [6.07, 6.45) is 1.18. The molecule has 0 atom stereocenters. The number of halogens is 2. The monoisotopic (exact) mass is 437 g/mol. The minimum Gasteiger partial charge on any atom is -0.300 e. The lowest BCUT2D eigenvalue weighted by molar-refractivity contribution is 0.102. The summed E-state index contributed by atoms with van der Waals surface area (Å²) in [5.74, 6) is -0.819. The Morgan fingerprint density at radius 2 is 2.22 bits per heavy atom. The van der Waals surface area contributed by atoms with Crippen LogP contribution in [-0.2, 0) is 12.0 Å². The second kappa shape index (κ2) is 7.95. The Labute approximate surface area is 160 Å². The maximum absolute atomic E-state index is 13.2. The average molecular weight is 438 g/mol. The molecule has 10 nitrogen and oxygen atoms in total. The fourth-order valence-electron chi connectivity index (χ4n) is 1.92. The van der Waals surface area contributed by atoms with E-state index in [0.29, 0.717) is 5.69 Å². The third-order valence-electron chi connectivity index (χ3n) is 3.40. The van der Waals surface area contributed by atoms with Gasteiger partial charge in [0.25, 0.3) is 5.91 Å². The SMILES string of the molecule is Cc1cc(C(=O)Nc2nonc2/C=N/ONc2ccc(F)c(Br)c2)nn1C. The van der Waals surface area contributed by atoms with Gasteiger partial charge in [-0.3, -0.25) is 14.4 Å². The number of nitrogens with one attached hydrogen (secondary N) is 2. The molecule has 12 heteroatoms. The lowest BCUT2D eigenvalue weighted by atomic mass is 10.3. The molecule has 2 N–H and O–H groups in total. The standard InChI is InChI=1S/C15H13BrFN7O3/c1-8-5-12(20-24(8)2)15(25)19-14-13(22-27-23-14)7-18-26-21-9-3-4-11(17)10(16)6-9/h3-7,21H,1-2H3,(H,19,23,25)/b18-7+. The van der Waals surface area contributed by atoms with Crippen molar-refractivity contribution in [2.24, 2.45) is 12.2 Å². The first kappa shape index (κ1) is 18.5. The van der Waals surface area contributed by atoms with Gasteiger partial charge in [-0.2, -0.15) is 10.6 Å². The number of carbonyl (C=O) groups excluding carboxylic acids is 1. The van der Waals surface area contributed by atoms with Crippen molar-refractivity contribution < 1.29 is 18.8 Å². The van der Waals surface area contributed by atoms with Crippen molar-refractivity contribution >= 4 is 39.6 Å². The number of rotatable bonds is 6. The molecular weight excluding hydrogens is 425 g/mol. The Balaban J connectivity index is 1.60. The molecule has 0 aliphatic rings. The Bertz CT molecular complexity index is 982. The second-order valence-electron chi connectivity index (χ2n) is 5.30. The van der Waals surface area contributed by atoms with Crippen molar-refractivity contribution in [3.8, 4) is 0 Å². The van der Waals surface area contributed by atoms with E-state index in [2.05, 4.69) is 51.9 Å². The molecule has 1 aromatic carbocycles. The molecule has 0 spiro atoms. The van der Waals surface area contributed by atoms with Crippen LogP contribution in [0.15, 0.2) is 38.5 Å². The van der Waals surface area contributed by atoms with Crippen molar-refractivity contribution in [1.82, 2.24) is 20.1 Å². The van der Waals surface area contributed by atoms with Gasteiger partial charge in [0.15, 0.2) is 11.4 Å². The highest BCUT2D eigenvalue weighted by Gasteiger charge is 2.16. The minimum absolute atomic E-state index is 0.0557. The maximum Gasteiger partial charge on any atom is 0.277 e. The van der Waals surface area contributed by atoms with Crippen LogP contribution in [0.3, 0.4) is 0 Å². The topological polar surface area (TPSA) is 119 Å². The first-order chi connectivity index (χ1) is 12.9. The molecule has 0 aliphatic carbocycles. The summed E-state index contributed by atoms with van der Waals surface area (Å²) in [6.45, 7) is 1.82. The van der Waals surface area contributed by atoms with Crippen LogP contribution < -0.4 is 10.8 Å².